The van der Waals surface area contributed by atoms with E-state index in [1.807, 2.05) is 25.1 Å². The fourth-order valence-corrected chi connectivity index (χ4v) is 2.87. The fourth-order valence-electron chi connectivity index (χ4n) is 2.75. The summed E-state index contributed by atoms with van der Waals surface area (Å²) >= 11 is 5.91. The number of ether oxygens (including phenoxy) is 3. The molecular formula is C21H26ClNO4. The van der Waals surface area contributed by atoms with Crippen molar-refractivity contribution >= 4 is 17.5 Å². The quantitative estimate of drug-likeness (QED) is 0.661. The summed E-state index contributed by atoms with van der Waals surface area (Å²) in [5.74, 6) is 1.78. The Morgan fingerprint density at radius 3 is 2.22 bits per heavy atom. The lowest BCUT2D eigenvalue weighted by Gasteiger charge is -2.32. The van der Waals surface area contributed by atoms with Gasteiger partial charge in [-0.15, -0.1) is 0 Å². The SMILES string of the molecule is CCN(Cc1ccc(OC)c(OC)c1)C(=O)C(C)(C)Oc1ccc(Cl)cc1. The first-order valence-electron chi connectivity index (χ1n) is 8.75. The second-order valence-corrected chi connectivity index (χ2v) is 7.01. The molecule has 0 spiro atoms. The number of hydrogen-bond acceptors (Lipinski definition) is 4. The molecule has 0 aliphatic heterocycles. The molecule has 0 fully saturated rings. The standard InChI is InChI=1S/C21H26ClNO4/c1-6-23(14-15-7-12-18(25-4)19(13-15)26-5)20(24)21(2,3)27-17-10-8-16(22)9-11-17/h7-13H,6,14H2,1-5H3. The van der Waals surface area contributed by atoms with E-state index in [9.17, 15) is 4.79 Å². The molecule has 0 unspecified atom stereocenters. The number of halogens is 1. The lowest BCUT2D eigenvalue weighted by Crippen LogP contribution is -2.48. The van der Waals surface area contributed by atoms with Crippen molar-refractivity contribution < 1.29 is 19.0 Å². The van der Waals surface area contributed by atoms with Gasteiger partial charge >= 0.3 is 0 Å². The van der Waals surface area contributed by atoms with Gasteiger partial charge in [0.25, 0.3) is 5.91 Å². The Kier molecular flexibility index (Phi) is 6.97. The number of rotatable bonds is 8. The van der Waals surface area contributed by atoms with Crippen LogP contribution >= 0.6 is 11.6 Å². The van der Waals surface area contributed by atoms with Gasteiger partial charge in [-0.05, 0) is 62.7 Å². The molecule has 2 aromatic rings. The van der Waals surface area contributed by atoms with E-state index >= 15 is 0 Å². The summed E-state index contributed by atoms with van der Waals surface area (Å²) < 4.78 is 16.5. The van der Waals surface area contributed by atoms with Gasteiger partial charge in [-0.2, -0.15) is 0 Å². The van der Waals surface area contributed by atoms with Crippen molar-refractivity contribution in [3.8, 4) is 17.2 Å². The van der Waals surface area contributed by atoms with Gasteiger partial charge in [0.15, 0.2) is 17.1 Å². The molecule has 2 rings (SSSR count). The predicted octanol–water partition coefficient (Wildman–Crippen LogP) is 4.56. The summed E-state index contributed by atoms with van der Waals surface area (Å²) in [6.45, 7) is 6.48. The first-order valence-corrected chi connectivity index (χ1v) is 9.13. The zero-order valence-corrected chi connectivity index (χ0v) is 17.2. The number of carbonyl (C=O) groups excluding carboxylic acids is 1. The van der Waals surface area contributed by atoms with Crippen LogP contribution in [-0.4, -0.2) is 37.2 Å². The maximum Gasteiger partial charge on any atom is 0.266 e. The third-order valence-electron chi connectivity index (χ3n) is 4.19. The van der Waals surface area contributed by atoms with Crippen LogP contribution in [0.15, 0.2) is 42.5 Å². The molecule has 0 saturated heterocycles. The molecular weight excluding hydrogens is 366 g/mol. The van der Waals surface area contributed by atoms with Crippen LogP contribution in [0.5, 0.6) is 17.2 Å². The molecule has 0 aliphatic carbocycles. The average Bonchev–Trinajstić information content (AvgIpc) is 2.66. The van der Waals surface area contributed by atoms with Crippen molar-refractivity contribution in [2.45, 2.75) is 32.9 Å². The van der Waals surface area contributed by atoms with Crippen LogP contribution in [0.25, 0.3) is 0 Å². The lowest BCUT2D eigenvalue weighted by atomic mass is 10.1. The number of hydrogen-bond donors (Lipinski definition) is 0. The summed E-state index contributed by atoms with van der Waals surface area (Å²) in [5, 5.41) is 0.620. The number of carbonyl (C=O) groups is 1. The minimum atomic E-state index is -1.01. The van der Waals surface area contributed by atoms with Crippen molar-refractivity contribution in [1.82, 2.24) is 4.90 Å². The van der Waals surface area contributed by atoms with Crippen molar-refractivity contribution in [2.24, 2.45) is 0 Å². The Bertz CT molecular complexity index is 774. The first-order chi connectivity index (χ1) is 12.8. The molecule has 0 heterocycles. The Hall–Kier alpha value is -2.40. The molecule has 0 N–H and O–H groups in total. The van der Waals surface area contributed by atoms with Crippen LogP contribution in [0, 0.1) is 0 Å². The Morgan fingerprint density at radius 2 is 1.67 bits per heavy atom. The van der Waals surface area contributed by atoms with Crippen LogP contribution in [0.3, 0.4) is 0 Å². The van der Waals surface area contributed by atoms with Crippen molar-refractivity contribution in [3.63, 3.8) is 0 Å². The number of nitrogens with zero attached hydrogens (tertiary/aromatic N) is 1. The largest absolute Gasteiger partial charge is 0.493 e. The summed E-state index contributed by atoms with van der Waals surface area (Å²) in [6, 6.07) is 12.6. The highest BCUT2D eigenvalue weighted by atomic mass is 35.5. The summed E-state index contributed by atoms with van der Waals surface area (Å²) in [5.41, 5.74) is -0.0643. The number of benzene rings is 2. The average molecular weight is 392 g/mol. The zero-order valence-electron chi connectivity index (χ0n) is 16.4. The Morgan fingerprint density at radius 1 is 1.04 bits per heavy atom. The van der Waals surface area contributed by atoms with E-state index in [0.717, 1.165) is 5.56 Å². The van der Waals surface area contributed by atoms with E-state index in [0.29, 0.717) is 35.4 Å². The second-order valence-electron chi connectivity index (χ2n) is 6.57. The fraction of sp³-hybridized carbons (Fsp3) is 0.381. The number of amides is 1. The number of likely N-dealkylation sites (N-methyl/N-ethyl adjacent to an activating group) is 1. The van der Waals surface area contributed by atoms with E-state index in [4.69, 9.17) is 25.8 Å². The van der Waals surface area contributed by atoms with E-state index in [2.05, 4.69) is 0 Å². The van der Waals surface area contributed by atoms with Gasteiger partial charge in [-0.1, -0.05) is 17.7 Å². The highest BCUT2D eigenvalue weighted by Crippen LogP contribution is 2.29. The van der Waals surface area contributed by atoms with Crippen molar-refractivity contribution in [2.75, 3.05) is 20.8 Å². The molecule has 0 aromatic heterocycles. The Labute approximate surface area is 165 Å². The van der Waals surface area contributed by atoms with Crippen LogP contribution in [0.2, 0.25) is 5.02 Å². The predicted molar refractivity (Wildman–Crippen MR) is 107 cm³/mol. The Balaban J connectivity index is 2.15. The molecule has 0 aliphatic rings. The lowest BCUT2D eigenvalue weighted by molar-refractivity contribution is -0.145. The van der Waals surface area contributed by atoms with Gasteiger partial charge in [0, 0.05) is 18.1 Å². The van der Waals surface area contributed by atoms with Crippen LogP contribution < -0.4 is 14.2 Å². The molecule has 0 atom stereocenters. The summed E-state index contributed by atoms with van der Waals surface area (Å²) in [6.07, 6.45) is 0. The molecule has 6 heteroatoms. The number of methoxy groups -OCH3 is 2. The first kappa shape index (κ1) is 20.9. The third-order valence-corrected chi connectivity index (χ3v) is 4.44. The van der Waals surface area contributed by atoms with Crippen LogP contribution in [0.4, 0.5) is 0 Å². The summed E-state index contributed by atoms with van der Waals surface area (Å²) in [7, 11) is 3.18. The minimum Gasteiger partial charge on any atom is -0.493 e. The van der Waals surface area contributed by atoms with Crippen LogP contribution in [0.1, 0.15) is 26.3 Å². The highest BCUT2D eigenvalue weighted by Gasteiger charge is 2.33. The molecule has 5 nitrogen and oxygen atoms in total. The molecule has 2 aromatic carbocycles. The third kappa shape index (κ3) is 5.30. The maximum atomic E-state index is 13.1. The van der Waals surface area contributed by atoms with Gasteiger partial charge in [0.1, 0.15) is 5.75 Å². The van der Waals surface area contributed by atoms with Gasteiger partial charge in [-0.3, -0.25) is 4.79 Å². The van der Waals surface area contributed by atoms with Gasteiger partial charge in [0.2, 0.25) is 0 Å². The zero-order chi connectivity index (χ0) is 20.0. The summed E-state index contributed by atoms with van der Waals surface area (Å²) in [4.78, 5) is 14.8. The molecule has 0 radical (unpaired) electrons. The smallest absolute Gasteiger partial charge is 0.266 e. The molecule has 0 saturated carbocycles. The molecule has 1 amide bonds. The second kappa shape index (κ2) is 9.00. The van der Waals surface area contributed by atoms with Gasteiger partial charge < -0.3 is 19.1 Å². The maximum absolute atomic E-state index is 13.1. The van der Waals surface area contributed by atoms with E-state index in [1.165, 1.54) is 0 Å². The van der Waals surface area contributed by atoms with Gasteiger partial charge in [0.05, 0.1) is 14.2 Å². The highest BCUT2D eigenvalue weighted by molar-refractivity contribution is 6.30. The minimum absolute atomic E-state index is 0.102. The van der Waals surface area contributed by atoms with Gasteiger partial charge in [-0.25, -0.2) is 0 Å². The van der Waals surface area contributed by atoms with E-state index in [-0.39, 0.29) is 5.91 Å². The van der Waals surface area contributed by atoms with Crippen LogP contribution in [-0.2, 0) is 11.3 Å². The van der Waals surface area contributed by atoms with E-state index in [1.54, 1.807) is 57.2 Å². The monoisotopic (exact) mass is 391 g/mol. The van der Waals surface area contributed by atoms with E-state index < -0.39 is 5.60 Å². The molecule has 146 valence electrons. The van der Waals surface area contributed by atoms with Crippen molar-refractivity contribution in [1.29, 1.82) is 0 Å². The molecule has 0 bridgehead atoms. The molecule has 27 heavy (non-hydrogen) atoms. The van der Waals surface area contributed by atoms with Crippen molar-refractivity contribution in [3.05, 3.63) is 53.1 Å². The topological polar surface area (TPSA) is 48.0 Å². The normalized spacial score (nSPS) is 11.0.